The van der Waals surface area contributed by atoms with E-state index in [1.165, 1.54) is 5.57 Å². The highest BCUT2D eigenvalue weighted by molar-refractivity contribution is 7.98. The standard InChI is InChI=1S/C14H21N3OS/c1-11(10-19-3)14(18)17-6-4-5-12(9-17)13-7-15-16(2)8-13/h5,7-8,11H,4,6,9-10H2,1-3H3. The molecule has 1 atom stereocenters. The molecule has 2 rings (SSSR count). The number of nitrogens with zero attached hydrogens (tertiary/aromatic N) is 3. The molecule has 104 valence electrons. The van der Waals surface area contributed by atoms with Crippen LogP contribution < -0.4 is 0 Å². The summed E-state index contributed by atoms with van der Waals surface area (Å²) in [5.41, 5.74) is 2.33. The maximum Gasteiger partial charge on any atom is 0.226 e. The van der Waals surface area contributed by atoms with Crippen LogP contribution in [0, 0.1) is 5.92 Å². The molecule has 0 spiro atoms. The summed E-state index contributed by atoms with van der Waals surface area (Å²) in [5.74, 6) is 1.26. The molecular weight excluding hydrogens is 258 g/mol. The molecule has 1 amide bonds. The molecule has 2 heterocycles. The van der Waals surface area contributed by atoms with E-state index in [0.717, 1.165) is 24.3 Å². The molecule has 19 heavy (non-hydrogen) atoms. The Morgan fingerprint density at radius 2 is 2.37 bits per heavy atom. The third-order valence-electron chi connectivity index (χ3n) is 3.38. The normalized spacial score (nSPS) is 17.2. The first-order chi connectivity index (χ1) is 9.11. The number of hydrogen-bond donors (Lipinski definition) is 0. The van der Waals surface area contributed by atoms with E-state index >= 15 is 0 Å². The van der Waals surface area contributed by atoms with Crippen molar-refractivity contribution in [1.29, 1.82) is 0 Å². The van der Waals surface area contributed by atoms with Gasteiger partial charge in [-0.05, 0) is 18.2 Å². The number of carbonyl (C=O) groups is 1. The Bertz CT molecular complexity index is 481. The molecule has 0 saturated carbocycles. The Morgan fingerprint density at radius 3 is 3.00 bits per heavy atom. The van der Waals surface area contributed by atoms with Crippen molar-refractivity contribution in [3.05, 3.63) is 24.0 Å². The molecule has 0 fully saturated rings. The maximum atomic E-state index is 12.3. The molecule has 5 heteroatoms. The predicted molar refractivity (Wildman–Crippen MR) is 79.9 cm³/mol. The van der Waals surface area contributed by atoms with Crippen LogP contribution in [0.3, 0.4) is 0 Å². The lowest BCUT2D eigenvalue weighted by Crippen LogP contribution is -2.39. The summed E-state index contributed by atoms with van der Waals surface area (Å²) in [6.45, 7) is 3.56. The lowest BCUT2D eigenvalue weighted by Gasteiger charge is -2.29. The Hall–Kier alpha value is -1.23. The van der Waals surface area contributed by atoms with E-state index in [-0.39, 0.29) is 11.8 Å². The molecule has 1 aromatic heterocycles. The van der Waals surface area contributed by atoms with Crippen LogP contribution in [0.4, 0.5) is 0 Å². The molecule has 1 aliphatic heterocycles. The van der Waals surface area contributed by atoms with E-state index in [4.69, 9.17) is 0 Å². The number of rotatable bonds is 4. The highest BCUT2D eigenvalue weighted by Gasteiger charge is 2.23. The van der Waals surface area contributed by atoms with Gasteiger partial charge in [-0.25, -0.2) is 0 Å². The van der Waals surface area contributed by atoms with Gasteiger partial charge in [-0.1, -0.05) is 13.0 Å². The van der Waals surface area contributed by atoms with E-state index < -0.39 is 0 Å². The monoisotopic (exact) mass is 279 g/mol. The lowest BCUT2D eigenvalue weighted by atomic mass is 10.0. The first-order valence-corrected chi connectivity index (χ1v) is 7.97. The summed E-state index contributed by atoms with van der Waals surface area (Å²) in [6.07, 6.45) is 9.07. The number of thioether (sulfide) groups is 1. The van der Waals surface area contributed by atoms with Crippen LogP contribution >= 0.6 is 11.8 Å². The topological polar surface area (TPSA) is 38.1 Å². The minimum Gasteiger partial charge on any atom is -0.338 e. The van der Waals surface area contributed by atoms with Crippen molar-refractivity contribution in [3.63, 3.8) is 0 Å². The van der Waals surface area contributed by atoms with Crippen LogP contribution in [0.25, 0.3) is 5.57 Å². The summed E-state index contributed by atoms with van der Waals surface area (Å²) in [6, 6.07) is 0. The number of hydrogen-bond acceptors (Lipinski definition) is 3. The molecule has 0 N–H and O–H groups in total. The summed E-state index contributed by atoms with van der Waals surface area (Å²) in [7, 11) is 1.91. The Balaban J connectivity index is 2.04. The minimum atomic E-state index is 0.100. The molecule has 0 radical (unpaired) electrons. The van der Waals surface area contributed by atoms with Crippen LogP contribution in [0.5, 0.6) is 0 Å². The zero-order valence-electron chi connectivity index (χ0n) is 11.8. The number of carbonyl (C=O) groups excluding carboxylic acids is 1. The summed E-state index contributed by atoms with van der Waals surface area (Å²) in [4.78, 5) is 14.3. The largest absolute Gasteiger partial charge is 0.338 e. The van der Waals surface area contributed by atoms with Crippen LogP contribution in [0.1, 0.15) is 18.9 Å². The third kappa shape index (κ3) is 3.41. The average Bonchev–Trinajstić information content (AvgIpc) is 2.85. The van der Waals surface area contributed by atoms with Gasteiger partial charge >= 0.3 is 0 Å². The second-order valence-corrected chi connectivity index (χ2v) is 5.95. The van der Waals surface area contributed by atoms with Gasteiger partial charge in [0.05, 0.1) is 6.20 Å². The maximum absolute atomic E-state index is 12.3. The van der Waals surface area contributed by atoms with Crippen LogP contribution in [-0.2, 0) is 11.8 Å². The minimum absolute atomic E-state index is 0.100. The van der Waals surface area contributed by atoms with Crippen molar-refractivity contribution in [2.45, 2.75) is 13.3 Å². The Kier molecular flexibility index (Phi) is 4.69. The molecule has 0 aromatic carbocycles. The fourth-order valence-electron chi connectivity index (χ4n) is 2.36. The zero-order chi connectivity index (χ0) is 13.8. The van der Waals surface area contributed by atoms with E-state index in [0.29, 0.717) is 6.54 Å². The van der Waals surface area contributed by atoms with Gasteiger partial charge in [0.15, 0.2) is 0 Å². The van der Waals surface area contributed by atoms with E-state index in [2.05, 4.69) is 11.2 Å². The lowest BCUT2D eigenvalue weighted by molar-refractivity contribution is -0.133. The van der Waals surface area contributed by atoms with Gasteiger partial charge in [-0.3, -0.25) is 9.48 Å². The van der Waals surface area contributed by atoms with Gasteiger partial charge in [0.25, 0.3) is 0 Å². The van der Waals surface area contributed by atoms with Crippen molar-refractivity contribution >= 4 is 23.2 Å². The number of aryl methyl sites for hydroxylation is 1. The van der Waals surface area contributed by atoms with Gasteiger partial charge < -0.3 is 4.90 Å². The molecule has 0 bridgehead atoms. The van der Waals surface area contributed by atoms with E-state index in [1.54, 1.807) is 16.4 Å². The van der Waals surface area contributed by atoms with Gasteiger partial charge in [0, 0.05) is 43.6 Å². The summed E-state index contributed by atoms with van der Waals surface area (Å²) >= 11 is 1.73. The first kappa shape index (κ1) is 14.2. The molecule has 1 aliphatic rings. The molecule has 4 nitrogen and oxygen atoms in total. The van der Waals surface area contributed by atoms with Gasteiger partial charge in [-0.2, -0.15) is 16.9 Å². The number of aromatic nitrogens is 2. The van der Waals surface area contributed by atoms with Crippen LogP contribution in [0.2, 0.25) is 0 Å². The summed E-state index contributed by atoms with van der Waals surface area (Å²) < 4.78 is 1.80. The molecule has 1 aromatic rings. The number of amides is 1. The molecular formula is C14H21N3OS. The van der Waals surface area contributed by atoms with Crippen LogP contribution in [0.15, 0.2) is 18.5 Å². The predicted octanol–water partition coefficient (Wildman–Crippen LogP) is 2.03. The quantitative estimate of drug-likeness (QED) is 0.846. The highest BCUT2D eigenvalue weighted by atomic mass is 32.2. The molecule has 1 unspecified atom stereocenters. The van der Waals surface area contributed by atoms with Gasteiger partial charge in [-0.15, -0.1) is 0 Å². The van der Waals surface area contributed by atoms with Crippen molar-refractivity contribution in [3.8, 4) is 0 Å². The smallest absolute Gasteiger partial charge is 0.226 e. The average molecular weight is 279 g/mol. The molecule has 0 aliphatic carbocycles. The van der Waals surface area contributed by atoms with E-state index in [9.17, 15) is 4.79 Å². The zero-order valence-corrected chi connectivity index (χ0v) is 12.6. The summed E-state index contributed by atoms with van der Waals surface area (Å²) in [5, 5.41) is 4.20. The van der Waals surface area contributed by atoms with Crippen molar-refractivity contribution in [2.75, 3.05) is 25.1 Å². The highest BCUT2D eigenvalue weighted by Crippen LogP contribution is 2.22. The Morgan fingerprint density at radius 1 is 1.58 bits per heavy atom. The van der Waals surface area contributed by atoms with E-state index in [1.807, 2.05) is 37.5 Å². The van der Waals surface area contributed by atoms with Crippen molar-refractivity contribution in [2.24, 2.45) is 13.0 Å². The Labute approximate surface area is 118 Å². The molecule has 0 saturated heterocycles. The second-order valence-electron chi connectivity index (χ2n) is 5.04. The van der Waals surface area contributed by atoms with Gasteiger partial charge in [0.1, 0.15) is 0 Å². The fourth-order valence-corrected chi connectivity index (χ4v) is 3.00. The SMILES string of the molecule is CSCC(C)C(=O)N1CCC=C(c2cnn(C)c2)C1. The van der Waals surface area contributed by atoms with Crippen LogP contribution in [-0.4, -0.2) is 45.7 Å². The van der Waals surface area contributed by atoms with Gasteiger partial charge in [0.2, 0.25) is 5.91 Å². The fraction of sp³-hybridized carbons (Fsp3) is 0.571. The third-order valence-corrected chi connectivity index (χ3v) is 4.21. The van der Waals surface area contributed by atoms with Crippen molar-refractivity contribution < 1.29 is 4.79 Å². The second kappa shape index (κ2) is 6.28. The first-order valence-electron chi connectivity index (χ1n) is 6.57. The van der Waals surface area contributed by atoms with Crippen molar-refractivity contribution in [1.82, 2.24) is 14.7 Å².